The quantitative estimate of drug-likeness (QED) is 0.518. The van der Waals surface area contributed by atoms with Gasteiger partial charge in [-0.15, -0.1) is 0 Å². The molecule has 0 saturated carbocycles. The lowest BCUT2D eigenvalue weighted by atomic mass is 9.94. The highest BCUT2D eigenvalue weighted by atomic mass is 35.5. The van der Waals surface area contributed by atoms with E-state index in [1.54, 1.807) is 56.3 Å². The summed E-state index contributed by atoms with van der Waals surface area (Å²) in [7, 11) is 0. The van der Waals surface area contributed by atoms with Crippen molar-refractivity contribution >= 4 is 46.8 Å². The molecule has 31 heavy (non-hydrogen) atoms. The highest BCUT2D eigenvalue weighted by molar-refractivity contribution is 6.42. The Hall–Kier alpha value is -2.41. The average molecular weight is 484 g/mol. The number of carbonyl (C=O) groups is 2. The number of likely N-dealkylation sites (N-methyl/N-ethyl adjacent to an activating group) is 1. The smallest absolute Gasteiger partial charge is 0.338 e. The Labute approximate surface area is 195 Å². The second-order valence-electron chi connectivity index (χ2n) is 6.63. The molecule has 0 unspecified atom stereocenters. The van der Waals surface area contributed by atoms with Gasteiger partial charge in [0.05, 0.1) is 34.0 Å². The van der Waals surface area contributed by atoms with Crippen LogP contribution in [0.15, 0.2) is 53.7 Å². The number of nitrogens with one attached hydrogen (secondary N) is 1. The van der Waals surface area contributed by atoms with Crippen LogP contribution in [-0.4, -0.2) is 36.7 Å². The SMILES string of the molecule is CCOC(=O)C1=C(COc2cccc(Cl)c2)N(CC)C(=O)N[C@@H]1c1ccc(Cl)c(Cl)c1. The molecule has 3 rings (SSSR count). The minimum atomic E-state index is -0.776. The predicted octanol–water partition coefficient (Wildman–Crippen LogP) is 5.63. The van der Waals surface area contributed by atoms with Crippen LogP contribution in [0.4, 0.5) is 4.79 Å². The van der Waals surface area contributed by atoms with Crippen LogP contribution in [0.2, 0.25) is 15.1 Å². The maximum Gasteiger partial charge on any atom is 0.338 e. The number of hydrogen-bond acceptors (Lipinski definition) is 4. The summed E-state index contributed by atoms with van der Waals surface area (Å²) in [6.07, 6.45) is 0. The van der Waals surface area contributed by atoms with E-state index < -0.39 is 12.0 Å². The molecule has 2 aromatic carbocycles. The molecule has 0 saturated heterocycles. The Morgan fingerprint density at radius 2 is 1.87 bits per heavy atom. The molecule has 1 heterocycles. The van der Waals surface area contributed by atoms with Gasteiger partial charge in [-0.3, -0.25) is 4.90 Å². The van der Waals surface area contributed by atoms with E-state index in [4.69, 9.17) is 44.3 Å². The van der Waals surface area contributed by atoms with Gasteiger partial charge in [-0.25, -0.2) is 9.59 Å². The molecule has 1 aliphatic heterocycles. The maximum absolute atomic E-state index is 13.0. The fourth-order valence-electron chi connectivity index (χ4n) is 3.29. The van der Waals surface area contributed by atoms with E-state index in [-0.39, 0.29) is 24.8 Å². The van der Waals surface area contributed by atoms with Gasteiger partial charge in [0.2, 0.25) is 0 Å². The van der Waals surface area contributed by atoms with Gasteiger partial charge in [0.15, 0.2) is 0 Å². The molecule has 1 aliphatic rings. The molecule has 1 N–H and O–H groups in total. The van der Waals surface area contributed by atoms with Crippen LogP contribution in [0.25, 0.3) is 0 Å². The van der Waals surface area contributed by atoms with E-state index in [9.17, 15) is 9.59 Å². The largest absolute Gasteiger partial charge is 0.487 e. The van der Waals surface area contributed by atoms with Crippen molar-refractivity contribution in [2.75, 3.05) is 19.8 Å². The number of nitrogens with zero attached hydrogens (tertiary/aromatic N) is 1. The van der Waals surface area contributed by atoms with Gasteiger partial charge in [-0.2, -0.15) is 0 Å². The molecule has 0 aromatic heterocycles. The van der Waals surface area contributed by atoms with E-state index in [1.165, 1.54) is 4.90 Å². The van der Waals surface area contributed by atoms with Crippen LogP contribution in [0.3, 0.4) is 0 Å². The van der Waals surface area contributed by atoms with E-state index in [2.05, 4.69) is 5.32 Å². The van der Waals surface area contributed by atoms with Crippen molar-refractivity contribution in [2.24, 2.45) is 0 Å². The molecule has 1 atom stereocenters. The van der Waals surface area contributed by atoms with Crippen molar-refractivity contribution in [1.29, 1.82) is 0 Å². The third-order valence-electron chi connectivity index (χ3n) is 4.70. The number of carbonyl (C=O) groups excluding carboxylic acids is 2. The summed E-state index contributed by atoms with van der Waals surface area (Å²) in [6, 6.07) is 10.7. The summed E-state index contributed by atoms with van der Waals surface area (Å²) in [5, 5.41) is 4.05. The van der Waals surface area contributed by atoms with Gasteiger partial charge in [0, 0.05) is 11.6 Å². The zero-order valence-electron chi connectivity index (χ0n) is 17.0. The average Bonchev–Trinajstić information content (AvgIpc) is 2.74. The molecule has 9 heteroatoms. The van der Waals surface area contributed by atoms with Crippen molar-refractivity contribution in [2.45, 2.75) is 19.9 Å². The van der Waals surface area contributed by atoms with E-state index in [0.29, 0.717) is 38.6 Å². The Morgan fingerprint density at radius 1 is 1.10 bits per heavy atom. The molecule has 0 aliphatic carbocycles. The Bertz CT molecular complexity index is 1030. The predicted molar refractivity (Wildman–Crippen MR) is 121 cm³/mol. The third-order valence-corrected chi connectivity index (χ3v) is 5.67. The number of amides is 2. The van der Waals surface area contributed by atoms with E-state index in [0.717, 1.165) is 0 Å². The molecule has 6 nitrogen and oxygen atoms in total. The lowest BCUT2D eigenvalue weighted by molar-refractivity contribution is -0.139. The number of halogens is 3. The summed E-state index contributed by atoms with van der Waals surface area (Å²) in [5.74, 6) is -0.0435. The number of esters is 1. The van der Waals surface area contributed by atoms with E-state index in [1.807, 2.05) is 0 Å². The van der Waals surface area contributed by atoms with Crippen LogP contribution >= 0.6 is 34.8 Å². The number of benzene rings is 2. The number of hydrogen-bond donors (Lipinski definition) is 1. The van der Waals surface area contributed by atoms with Crippen LogP contribution in [0.1, 0.15) is 25.5 Å². The highest BCUT2D eigenvalue weighted by Crippen LogP contribution is 2.34. The lowest BCUT2D eigenvalue weighted by Crippen LogP contribution is -2.49. The van der Waals surface area contributed by atoms with Gasteiger partial charge >= 0.3 is 12.0 Å². The minimum Gasteiger partial charge on any atom is -0.487 e. The molecule has 2 amide bonds. The Morgan fingerprint density at radius 3 is 2.52 bits per heavy atom. The standard InChI is InChI=1S/C22H21Cl3N2O4/c1-3-27-18(12-31-15-7-5-6-14(23)11-15)19(21(28)30-4-2)20(26-22(27)29)13-8-9-16(24)17(25)10-13/h5-11,20H,3-4,12H2,1-2H3,(H,26,29)/t20-/m1/s1. The molecule has 0 fully saturated rings. The zero-order valence-corrected chi connectivity index (χ0v) is 19.2. The van der Waals surface area contributed by atoms with Crippen LogP contribution in [0.5, 0.6) is 5.75 Å². The van der Waals surface area contributed by atoms with Crippen molar-refractivity contribution < 1.29 is 19.1 Å². The molecule has 0 spiro atoms. The Balaban J connectivity index is 2.08. The molecular formula is C22H21Cl3N2O4. The summed E-state index contributed by atoms with van der Waals surface area (Å²) >= 11 is 18.3. The van der Waals surface area contributed by atoms with E-state index >= 15 is 0 Å². The summed E-state index contributed by atoms with van der Waals surface area (Å²) in [6.45, 7) is 4.00. The van der Waals surface area contributed by atoms with Crippen LogP contribution < -0.4 is 10.1 Å². The monoisotopic (exact) mass is 482 g/mol. The van der Waals surface area contributed by atoms with Crippen LogP contribution in [-0.2, 0) is 9.53 Å². The van der Waals surface area contributed by atoms with Crippen molar-refractivity contribution in [1.82, 2.24) is 10.2 Å². The molecule has 0 radical (unpaired) electrons. The van der Waals surface area contributed by atoms with Gasteiger partial charge in [0.1, 0.15) is 12.4 Å². The topological polar surface area (TPSA) is 67.9 Å². The molecular weight excluding hydrogens is 463 g/mol. The first kappa shape index (κ1) is 23.3. The maximum atomic E-state index is 13.0. The first-order chi connectivity index (χ1) is 14.8. The van der Waals surface area contributed by atoms with Gasteiger partial charge < -0.3 is 14.8 Å². The zero-order chi connectivity index (χ0) is 22.5. The Kier molecular flexibility index (Phi) is 7.70. The highest BCUT2D eigenvalue weighted by Gasteiger charge is 2.38. The van der Waals surface area contributed by atoms with Crippen LogP contribution in [0, 0.1) is 0 Å². The third kappa shape index (κ3) is 5.26. The first-order valence-corrected chi connectivity index (χ1v) is 10.8. The second-order valence-corrected chi connectivity index (χ2v) is 7.88. The van der Waals surface area contributed by atoms with Gasteiger partial charge in [-0.05, 0) is 49.7 Å². The summed E-state index contributed by atoms with van der Waals surface area (Å²) < 4.78 is 11.2. The summed E-state index contributed by atoms with van der Waals surface area (Å²) in [4.78, 5) is 27.3. The lowest BCUT2D eigenvalue weighted by Gasteiger charge is -2.36. The second kappa shape index (κ2) is 10.3. The van der Waals surface area contributed by atoms with Crippen molar-refractivity contribution in [3.8, 4) is 5.75 Å². The fraction of sp³-hybridized carbons (Fsp3) is 0.273. The molecule has 2 aromatic rings. The number of rotatable bonds is 7. The molecule has 164 valence electrons. The number of urea groups is 1. The summed E-state index contributed by atoms with van der Waals surface area (Å²) in [5.41, 5.74) is 1.27. The first-order valence-electron chi connectivity index (χ1n) is 9.67. The van der Waals surface area contributed by atoms with Gasteiger partial charge in [-0.1, -0.05) is 46.9 Å². The minimum absolute atomic E-state index is 0.0342. The molecule has 0 bridgehead atoms. The van der Waals surface area contributed by atoms with Crippen molar-refractivity contribution in [3.63, 3.8) is 0 Å². The fourth-order valence-corrected chi connectivity index (χ4v) is 3.78. The van der Waals surface area contributed by atoms with Crippen molar-refractivity contribution in [3.05, 3.63) is 74.4 Å². The normalized spacial score (nSPS) is 16.2. The van der Waals surface area contributed by atoms with Gasteiger partial charge in [0.25, 0.3) is 0 Å². The number of ether oxygens (including phenoxy) is 2.